The molecule has 3 aromatic rings. The number of rotatable bonds is 4. The van der Waals surface area contributed by atoms with Crippen LogP contribution in [0.2, 0.25) is 0 Å². The van der Waals surface area contributed by atoms with Gasteiger partial charge < -0.3 is 19.5 Å². The van der Waals surface area contributed by atoms with E-state index in [1.807, 2.05) is 6.07 Å². The van der Waals surface area contributed by atoms with E-state index in [4.69, 9.17) is 4.42 Å². The predicted octanol–water partition coefficient (Wildman–Crippen LogP) is 3.39. The van der Waals surface area contributed by atoms with Crippen molar-refractivity contribution < 1.29 is 9.21 Å². The van der Waals surface area contributed by atoms with Crippen LogP contribution < -0.4 is 10.2 Å². The smallest absolute Gasteiger partial charge is 0.289 e. The van der Waals surface area contributed by atoms with Gasteiger partial charge >= 0.3 is 0 Å². The largest absolute Gasteiger partial charge is 0.459 e. The number of hydrogen-bond donors (Lipinski definition) is 1. The molecule has 3 heterocycles. The second-order valence-electron chi connectivity index (χ2n) is 6.94. The van der Waals surface area contributed by atoms with Crippen LogP contribution in [-0.4, -0.2) is 47.0 Å². The zero-order valence-corrected chi connectivity index (χ0v) is 16.1. The van der Waals surface area contributed by atoms with Gasteiger partial charge in [0.2, 0.25) is 5.95 Å². The Kier molecular flexibility index (Phi) is 4.97. The number of carbonyl (C=O) groups excluding carboxylic acids is 1. The van der Waals surface area contributed by atoms with E-state index in [-0.39, 0.29) is 5.91 Å². The first-order chi connectivity index (χ1) is 13.6. The Bertz CT molecular complexity index is 963. The Morgan fingerprint density at radius 2 is 1.93 bits per heavy atom. The summed E-state index contributed by atoms with van der Waals surface area (Å²) in [5, 5.41) is 3.37. The SMILES string of the molecule is Cc1ccc(Nc2ccnc(N3CCN(C(=O)c4ccco4)CC3)n2)c(C)c1. The van der Waals surface area contributed by atoms with Gasteiger partial charge in [0, 0.05) is 38.1 Å². The van der Waals surface area contributed by atoms with Gasteiger partial charge in [-0.2, -0.15) is 4.98 Å². The Balaban J connectivity index is 1.42. The van der Waals surface area contributed by atoms with Crippen LogP contribution in [0.5, 0.6) is 0 Å². The molecule has 28 heavy (non-hydrogen) atoms. The summed E-state index contributed by atoms with van der Waals surface area (Å²) in [7, 11) is 0. The monoisotopic (exact) mass is 377 g/mol. The number of benzene rings is 1. The molecule has 0 saturated carbocycles. The van der Waals surface area contributed by atoms with E-state index in [0.29, 0.717) is 37.9 Å². The lowest BCUT2D eigenvalue weighted by Crippen LogP contribution is -2.49. The van der Waals surface area contributed by atoms with Crippen LogP contribution in [0.3, 0.4) is 0 Å². The average molecular weight is 377 g/mol. The molecule has 0 radical (unpaired) electrons. The topological polar surface area (TPSA) is 74.5 Å². The van der Waals surface area contributed by atoms with Gasteiger partial charge in [-0.25, -0.2) is 4.98 Å². The molecule has 7 heteroatoms. The third kappa shape index (κ3) is 3.83. The van der Waals surface area contributed by atoms with Crippen molar-refractivity contribution in [3.63, 3.8) is 0 Å². The third-order valence-corrected chi connectivity index (χ3v) is 4.87. The maximum atomic E-state index is 12.4. The van der Waals surface area contributed by atoms with Crippen LogP contribution in [0.1, 0.15) is 21.7 Å². The van der Waals surface area contributed by atoms with Gasteiger partial charge in [0.05, 0.1) is 6.26 Å². The number of aryl methyl sites for hydroxylation is 2. The second kappa shape index (κ2) is 7.72. The highest BCUT2D eigenvalue weighted by Crippen LogP contribution is 2.22. The summed E-state index contributed by atoms with van der Waals surface area (Å²) in [6.45, 7) is 6.73. The first-order valence-corrected chi connectivity index (χ1v) is 9.35. The fraction of sp³-hybridized carbons (Fsp3) is 0.286. The molecule has 1 aliphatic heterocycles. The molecule has 7 nitrogen and oxygen atoms in total. The quantitative estimate of drug-likeness (QED) is 0.751. The highest BCUT2D eigenvalue weighted by atomic mass is 16.3. The molecule has 0 spiro atoms. The minimum Gasteiger partial charge on any atom is -0.459 e. The molecular weight excluding hydrogens is 354 g/mol. The van der Waals surface area contributed by atoms with E-state index >= 15 is 0 Å². The fourth-order valence-electron chi connectivity index (χ4n) is 3.33. The highest BCUT2D eigenvalue weighted by Gasteiger charge is 2.24. The molecule has 0 aliphatic carbocycles. The molecule has 1 aliphatic rings. The van der Waals surface area contributed by atoms with Gasteiger partial charge in [-0.15, -0.1) is 0 Å². The van der Waals surface area contributed by atoms with Gasteiger partial charge in [-0.3, -0.25) is 4.79 Å². The number of carbonyl (C=O) groups is 1. The zero-order chi connectivity index (χ0) is 19.5. The molecule has 0 bridgehead atoms. The molecule has 1 amide bonds. The van der Waals surface area contributed by atoms with E-state index < -0.39 is 0 Å². The van der Waals surface area contributed by atoms with E-state index in [0.717, 1.165) is 11.5 Å². The van der Waals surface area contributed by atoms with E-state index in [2.05, 4.69) is 52.2 Å². The number of anilines is 3. The third-order valence-electron chi connectivity index (χ3n) is 4.87. The van der Waals surface area contributed by atoms with Crippen molar-refractivity contribution >= 4 is 23.4 Å². The molecule has 1 aromatic carbocycles. The van der Waals surface area contributed by atoms with E-state index in [1.165, 1.54) is 17.4 Å². The summed E-state index contributed by atoms with van der Waals surface area (Å²) in [4.78, 5) is 25.4. The van der Waals surface area contributed by atoms with Crippen molar-refractivity contribution in [1.82, 2.24) is 14.9 Å². The average Bonchev–Trinajstić information content (AvgIpc) is 3.25. The van der Waals surface area contributed by atoms with Crippen LogP contribution in [0.4, 0.5) is 17.5 Å². The summed E-state index contributed by atoms with van der Waals surface area (Å²) in [6.07, 6.45) is 3.28. The molecule has 0 atom stereocenters. The lowest BCUT2D eigenvalue weighted by atomic mass is 10.1. The van der Waals surface area contributed by atoms with Crippen molar-refractivity contribution in [3.8, 4) is 0 Å². The number of nitrogens with zero attached hydrogens (tertiary/aromatic N) is 4. The molecule has 0 unspecified atom stereocenters. The van der Waals surface area contributed by atoms with Crippen molar-refractivity contribution in [1.29, 1.82) is 0 Å². The molecule has 1 fully saturated rings. The predicted molar refractivity (Wildman–Crippen MR) is 108 cm³/mol. The number of aromatic nitrogens is 2. The first-order valence-electron chi connectivity index (χ1n) is 9.35. The van der Waals surface area contributed by atoms with Crippen LogP contribution in [0.25, 0.3) is 0 Å². The number of hydrogen-bond acceptors (Lipinski definition) is 6. The van der Waals surface area contributed by atoms with Crippen molar-refractivity contribution in [2.24, 2.45) is 0 Å². The summed E-state index contributed by atoms with van der Waals surface area (Å²) in [5.74, 6) is 1.73. The first kappa shape index (κ1) is 18.0. The molecule has 2 aromatic heterocycles. The summed E-state index contributed by atoms with van der Waals surface area (Å²) in [5.41, 5.74) is 3.43. The van der Waals surface area contributed by atoms with Crippen molar-refractivity contribution in [2.45, 2.75) is 13.8 Å². The van der Waals surface area contributed by atoms with Crippen molar-refractivity contribution in [2.75, 3.05) is 36.4 Å². The van der Waals surface area contributed by atoms with Crippen molar-refractivity contribution in [3.05, 3.63) is 65.7 Å². The molecule has 4 rings (SSSR count). The second-order valence-corrected chi connectivity index (χ2v) is 6.94. The lowest BCUT2D eigenvalue weighted by Gasteiger charge is -2.34. The minimum atomic E-state index is -0.0733. The van der Waals surface area contributed by atoms with Gasteiger partial charge in [0.15, 0.2) is 5.76 Å². The van der Waals surface area contributed by atoms with Gasteiger partial charge in [0.1, 0.15) is 5.82 Å². The Hall–Kier alpha value is -3.35. The van der Waals surface area contributed by atoms with Gasteiger partial charge in [-0.1, -0.05) is 17.7 Å². The van der Waals surface area contributed by atoms with Gasteiger partial charge in [0.25, 0.3) is 5.91 Å². The zero-order valence-electron chi connectivity index (χ0n) is 16.1. The van der Waals surface area contributed by atoms with Crippen LogP contribution >= 0.6 is 0 Å². The fourth-order valence-corrected chi connectivity index (χ4v) is 3.33. The Morgan fingerprint density at radius 3 is 2.64 bits per heavy atom. The van der Waals surface area contributed by atoms with Crippen LogP contribution in [0, 0.1) is 13.8 Å². The molecular formula is C21H23N5O2. The van der Waals surface area contributed by atoms with Crippen LogP contribution in [0.15, 0.2) is 53.3 Å². The minimum absolute atomic E-state index is 0.0733. The molecule has 1 N–H and O–H groups in total. The maximum Gasteiger partial charge on any atom is 0.289 e. The van der Waals surface area contributed by atoms with E-state index in [9.17, 15) is 4.79 Å². The summed E-state index contributed by atoms with van der Waals surface area (Å²) >= 11 is 0. The number of furan rings is 1. The Morgan fingerprint density at radius 1 is 1.11 bits per heavy atom. The number of piperazine rings is 1. The standard InChI is InChI=1S/C21H23N5O2/c1-15-5-6-17(16(2)14-15)23-19-7-8-22-21(24-19)26-11-9-25(10-12-26)20(27)18-4-3-13-28-18/h3-8,13-14H,9-12H2,1-2H3,(H,22,23,24). The maximum absolute atomic E-state index is 12.4. The molecule has 1 saturated heterocycles. The highest BCUT2D eigenvalue weighted by molar-refractivity contribution is 5.91. The molecule has 144 valence electrons. The number of nitrogens with one attached hydrogen (secondary N) is 1. The summed E-state index contributed by atoms with van der Waals surface area (Å²) in [6, 6.07) is 11.6. The van der Waals surface area contributed by atoms with Gasteiger partial charge in [-0.05, 0) is 43.7 Å². The van der Waals surface area contributed by atoms with Crippen LogP contribution in [-0.2, 0) is 0 Å². The lowest BCUT2D eigenvalue weighted by molar-refractivity contribution is 0.0714. The number of amides is 1. The summed E-state index contributed by atoms with van der Waals surface area (Å²) < 4.78 is 5.21. The normalized spacial score (nSPS) is 14.2. The van der Waals surface area contributed by atoms with E-state index in [1.54, 1.807) is 23.2 Å². The Labute approximate surface area is 164 Å².